The summed E-state index contributed by atoms with van der Waals surface area (Å²) in [6, 6.07) is 5.23. The quantitative estimate of drug-likeness (QED) is 0.449. The van der Waals surface area contributed by atoms with Gasteiger partial charge in [-0.15, -0.1) is 10.2 Å². The van der Waals surface area contributed by atoms with E-state index in [0.29, 0.717) is 42.0 Å². The molecule has 1 aliphatic rings. The summed E-state index contributed by atoms with van der Waals surface area (Å²) in [5, 5.41) is 7.56. The molecule has 3 aromatic rings. The maximum atomic E-state index is 13.5. The highest BCUT2D eigenvalue weighted by molar-refractivity contribution is 7.93. The van der Waals surface area contributed by atoms with Crippen LogP contribution in [0.4, 0.5) is 5.95 Å². The third kappa shape index (κ3) is 5.13. The number of aromatic nitrogens is 5. The van der Waals surface area contributed by atoms with Gasteiger partial charge >= 0.3 is 0 Å². The lowest BCUT2D eigenvalue weighted by Crippen LogP contribution is -2.32. The molecule has 3 atom stereocenters. The highest BCUT2D eigenvalue weighted by Gasteiger charge is 2.34. The number of nitrogens with zero attached hydrogens (tertiary/aromatic N) is 5. The lowest BCUT2D eigenvalue weighted by atomic mass is 10.1. The Morgan fingerprint density at radius 3 is 2.33 bits per heavy atom. The van der Waals surface area contributed by atoms with Crippen LogP contribution in [0, 0.1) is 6.92 Å². The minimum absolute atomic E-state index is 0.0363. The van der Waals surface area contributed by atoms with Gasteiger partial charge < -0.3 is 18.9 Å². The van der Waals surface area contributed by atoms with Crippen molar-refractivity contribution in [2.45, 2.75) is 38.0 Å². The molecule has 0 amide bonds. The second-order valence-corrected chi connectivity index (χ2v) is 10.5. The first-order valence-electron chi connectivity index (χ1n) is 11.4. The van der Waals surface area contributed by atoms with Gasteiger partial charge in [0, 0.05) is 18.3 Å². The molecule has 1 aromatic carbocycles. The van der Waals surface area contributed by atoms with E-state index in [0.717, 1.165) is 5.56 Å². The van der Waals surface area contributed by atoms with Crippen LogP contribution in [0.2, 0.25) is 0 Å². The summed E-state index contributed by atoms with van der Waals surface area (Å²) < 4.78 is 53.7. The van der Waals surface area contributed by atoms with E-state index in [1.165, 1.54) is 18.8 Å². The molecule has 13 heteroatoms. The molecular weight excluding hydrogens is 488 g/mol. The Morgan fingerprint density at radius 1 is 1.08 bits per heavy atom. The van der Waals surface area contributed by atoms with Gasteiger partial charge in [0.25, 0.3) is 0 Å². The van der Waals surface area contributed by atoms with Crippen molar-refractivity contribution in [3.05, 3.63) is 47.8 Å². The summed E-state index contributed by atoms with van der Waals surface area (Å²) in [4.78, 5) is 8.59. The standard InChI is InChI=1S/C23H30N6O6S/c1-14-11-24-21(25-12-14)15(2)16(3)36(30,31)28-23-27-26-22(19-13-34-9-10-35-19)29(23)20-17(32-4)7-6-8-18(20)33-5/h6-8,11-12,15-16,19H,9-10,13H2,1-5H3,(H,27,28)/t15-,16-,19-/m0/s1. The van der Waals surface area contributed by atoms with E-state index in [1.807, 2.05) is 6.92 Å². The highest BCUT2D eigenvalue weighted by atomic mass is 32.2. The molecule has 1 N–H and O–H groups in total. The van der Waals surface area contributed by atoms with Gasteiger partial charge in [0.1, 0.15) is 29.1 Å². The monoisotopic (exact) mass is 518 g/mol. The number of hydrogen-bond acceptors (Lipinski definition) is 10. The minimum atomic E-state index is -3.96. The summed E-state index contributed by atoms with van der Waals surface area (Å²) in [6.07, 6.45) is 2.75. The van der Waals surface area contributed by atoms with E-state index in [-0.39, 0.29) is 12.6 Å². The highest BCUT2D eigenvalue weighted by Crippen LogP contribution is 2.37. The molecule has 0 bridgehead atoms. The third-order valence-corrected chi connectivity index (χ3v) is 7.91. The average molecular weight is 519 g/mol. The lowest BCUT2D eigenvalue weighted by molar-refractivity contribution is -0.0941. The zero-order valence-electron chi connectivity index (χ0n) is 20.8. The summed E-state index contributed by atoms with van der Waals surface area (Å²) in [7, 11) is -0.942. The number of nitrogens with one attached hydrogen (secondary N) is 1. The van der Waals surface area contributed by atoms with Gasteiger partial charge in [0.05, 0.1) is 39.3 Å². The molecule has 0 spiro atoms. The third-order valence-electron chi connectivity index (χ3n) is 6.05. The van der Waals surface area contributed by atoms with Crippen LogP contribution in [0.5, 0.6) is 11.5 Å². The van der Waals surface area contributed by atoms with E-state index in [2.05, 4.69) is 24.9 Å². The Hall–Kier alpha value is -3.29. The normalized spacial score (nSPS) is 17.9. The second kappa shape index (κ2) is 10.8. The molecule has 1 aliphatic heterocycles. The maximum Gasteiger partial charge on any atom is 0.243 e. The van der Waals surface area contributed by atoms with Gasteiger partial charge in [0.15, 0.2) is 5.82 Å². The Morgan fingerprint density at radius 2 is 1.75 bits per heavy atom. The van der Waals surface area contributed by atoms with E-state index in [4.69, 9.17) is 18.9 Å². The van der Waals surface area contributed by atoms with Crippen LogP contribution in [0.3, 0.4) is 0 Å². The summed E-state index contributed by atoms with van der Waals surface area (Å²) in [5.41, 5.74) is 1.32. The SMILES string of the molecule is COc1cccc(OC)c1-n1c(NS(=O)(=O)[C@@H](C)[C@H](C)c2ncc(C)cn2)nnc1[C@@H]1COCCO1. The van der Waals surface area contributed by atoms with Crippen molar-refractivity contribution in [2.75, 3.05) is 38.8 Å². The summed E-state index contributed by atoms with van der Waals surface area (Å²) in [5.74, 6) is 1.11. The van der Waals surface area contributed by atoms with Crippen LogP contribution < -0.4 is 14.2 Å². The molecule has 194 valence electrons. The largest absolute Gasteiger partial charge is 0.494 e. The fourth-order valence-corrected chi connectivity index (χ4v) is 5.05. The van der Waals surface area contributed by atoms with E-state index in [9.17, 15) is 8.42 Å². The van der Waals surface area contributed by atoms with Gasteiger partial charge in [-0.1, -0.05) is 13.0 Å². The molecule has 2 aromatic heterocycles. The summed E-state index contributed by atoms with van der Waals surface area (Å²) >= 11 is 0. The Kier molecular flexibility index (Phi) is 7.71. The number of anilines is 1. The second-order valence-electron chi connectivity index (χ2n) is 8.42. The van der Waals surface area contributed by atoms with Crippen LogP contribution in [0.15, 0.2) is 30.6 Å². The molecule has 36 heavy (non-hydrogen) atoms. The number of para-hydroxylation sites is 1. The van der Waals surface area contributed by atoms with Crippen LogP contribution in [-0.2, 0) is 19.5 Å². The lowest BCUT2D eigenvalue weighted by Gasteiger charge is -2.25. The molecule has 12 nitrogen and oxygen atoms in total. The Balaban J connectivity index is 1.77. The zero-order valence-corrected chi connectivity index (χ0v) is 21.7. The maximum absolute atomic E-state index is 13.5. The van der Waals surface area contributed by atoms with Crippen molar-refractivity contribution < 1.29 is 27.4 Å². The van der Waals surface area contributed by atoms with E-state index < -0.39 is 27.3 Å². The van der Waals surface area contributed by atoms with Crippen LogP contribution in [0.1, 0.15) is 43.1 Å². The van der Waals surface area contributed by atoms with Crippen molar-refractivity contribution >= 4 is 16.0 Å². The van der Waals surface area contributed by atoms with Crippen molar-refractivity contribution in [1.29, 1.82) is 0 Å². The smallest absolute Gasteiger partial charge is 0.243 e. The molecule has 1 fully saturated rings. The Labute approximate surface area is 210 Å². The minimum Gasteiger partial charge on any atom is -0.494 e. The number of aryl methyl sites for hydroxylation is 1. The van der Waals surface area contributed by atoms with Crippen molar-refractivity contribution in [3.8, 4) is 17.2 Å². The first-order valence-corrected chi connectivity index (χ1v) is 13.0. The topological polar surface area (TPSA) is 140 Å². The average Bonchev–Trinajstić information content (AvgIpc) is 3.30. The zero-order chi connectivity index (χ0) is 25.9. The first-order chi connectivity index (χ1) is 17.3. The number of ether oxygens (including phenoxy) is 4. The number of methoxy groups -OCH3 is 2. The molecule has 0 aliphatic carbocycles. The van der Waals surface area contributed by atoms with E-state index >= 15 is 0 Å². The molecule has 0 radical (unpaired) electrons. The molecule has 0 unspecified atom stereocenters. The van der Waals surface area contributed by atoms with Crippen molar-refractivity contribution in [3.63, 3.8) is 0 Å². The molecule has 4 rings (SSSR count). The molecule has 3 heterocycles. The van der Waals surface area contributed by atoms with Gasteiger partial charge in [-0.2, -0.15) is 0 Å². The van der Waals surface area contributed by atoms with Gasteiger partial charge in [-0.05, 0) is 31.5 Å². The Bertz CT molecular complexity index is 1270. The number of hydrogen-bond donors (Lipinski definition) is 1. The van der Waals surface area contributed by atoms with Crippen molar-refractivity contribution in [1.82, 2.24) is 24.7 Å². The van der Waals surface area contributed by atoms with Gasteiger partial charge in [-0.25, -0.2) is 18.4 Å². The van der Waals surface area contributed by atoms with Crippen LogP contribution >= 0.6 is 0 Å². The fraction of sp³-hybridized carbons (Fsp3) is 0.478. The number of sulfonamides is 1. The predicted octanol–water partition coefficient (Wildman–Crippen LogP) is 2.40. The summed E-state index contributed by atoms with van der Waals surface area (Å²) in [6.45, 7) is 6.29. The predicted molar refractivity (Wildman–Crippen MR) is 131 cm³/mol. The van der Waals surface area contributed by atoms with Gasteiger partial charge in [0.2, 0.25) is 16.0 Å². The molecule has 0 saturated carbocycles. The number of benzene rings is 1. The first kappa shape index (κ1) is 25.8. The van der Waals surface area contributed by atoms with E-state index in [1.54, 1.807) is 44.4 Å². The molecular formula is C23H30N6O6S. The van der Waals surface area contributed by atoms with Crippen molar-refractivity contribution in [2.24, 2.45) is 0 Å². The van der Waals surface area contributed by atoms with Crippen LogP contribution in [0.25, 0.3) is 5.69 Å². The fourth-order valence-electron chi connectivity index (χ4n) is 3.82. The van der Waals surface area contributed by atoms with Gasteiger partial charge in [-0.3, -0.25) is 9.29 Å². The number of rotatable bonds is 9. The molecule has 1 saturated heterocycles. The van der Waals surface area contributed by atoms with Crippen LogP contribution in [-0.4, -0.2) is 72.4 Å².